The van der Waals surface area contributed by atoms with Crippen molar-refractivity contribution in [1.82, 2.24) is 5.32 Å². The summed E-state index contributed by atoms with van der Waals surface area (Å²) in [6, 6.07) is 15.5. The fourth-order valence-corrected chi connectivity index (χ4v) is 3.50. The number of hydrogen-bond acceptors (Lipinski definition) is 4. The zero-order valence-corrected chi connectivity index (χ0v) is 15.8. The molecule has 1 aliphatic carbocycles. The van der Waals surface area contributed by atoms with E-state index in [9.17, 15) is 9.59 Å². The lowest BCUT2D eigenvalue weighted by Crippen LogP contribution is -2.47. The van der Waals surface area contributed by atoms with Gasteiger partial charge in [-0.05, 0) is 61.2 Å². The average molecular weight is 377 g/mol. The Hall–Kier alpha value is -3.33. The van der Waals surface area contributed by atoms with E-state index in [0.717, 1.165) is 25.7 Å². The van der Waals surface area contributed by atoms with Gasteiger partial charge in [0.2, 0.25) is 11.8 Å². The first-order valence-corrected chi connectivity index (χ1v) is 9.41. The van der Waals surface area contributed by atoms with Crippen LogP contribution >= 0.6 is 0 Å². The smallest absolute Gasteiger partial charge is 0.247 e. The number of ether oxygens (including phenoxy) is 1. The SMILES string of the molecule is CC(=O)NC(C(=O)Nc1ccc(Oc2cccc(C#N)c2)cc1)C1CCCC1. The van der Waals surface area contributed by atoms with E-state index in [-0.39, 0.29) is 17.7 Å². The quantitative estimate of drug-likeness (QED) is 0.796. The fraction of sp³-hybridized carbons (Fsp3) is 0.318. The number of hydrogen-bond donors (Lipinski definition) is 2. The van der Waals surface area contributed by atoms with Crippen LogP contribution < -0.4 is 15.4 Å². The van der Waals surface area contributed by atoms with Crippen molar-refractivity contribution >= 4 is 17.5 Å². The van der Waals surface area contributed by atoms with E-state index in [4.69, 9.17) is 10.00 Å². The van der Waals surface area contributed by atoms with Crippen LogP contribution in [0.4, 0.5) is 5.69 Å². The highest BCUT2D eigenvalue weighted by Gasteiger charge is 2.31. The maximum absolute atomic E-state index is 12.7. The van der Waals surface area contributed by atoms with E-state index in [0.29, 0.717) is 22.7 Å². The maximum Gasteiger partial charge on any atom is 0.247 e. The average Bonchev–Trinajstić information content (AvgIpc) is 3.22. The summed E-state index contributed by atoms with van der Waals surface area (Å²) in [6.45, 7) is 1.43. The zero-order valence-electron chi connectivity index (χ0n) is 15.8. The second kappa shape index (κ2) is 9.05. The van der Waals surface area contributed by atoms with Crippen molar-refractivity contribution in [2.45, 2.75) is 38.6 Å². The van der Waals surface area contributed by atoms with Crippen LogP contribution in [-0.4, -0.2) is 17.9 Å². The van der Waals surface area contributed by atoms with Gasteiger partial charge in [-0.25, -0.2) is 0 Å². The lowest BCUT2D eigenvalue weighted by Gasteiger charge is -2.23. The molecule has 0 spiro atoms. The van der Waals surface area contributed by atoms with E-state index in [2.05, 4.69) is 16.7 Å². The highest BCUT2D eigenvalue weighted by Crippen LogP contribution is 2.29. The van der Waals surface area contributed by atoms with Crippen molar-refractivity contribution in [2.24, 2.45) is 5.92 Å². The molecule has 0 radical (unpaired) electrons. The van der Waals surface area contributed by atoms with Gasteiger partial charge in [0.05, 0.1) is 11.6 Å². The molecule has 1 saturated carbocycles. The van der Waals surface area contributed by atoms with Crippen molar-refractivity contribution in [2.75, 3.05) is 5.32 Å². The van der Waals surface area contributed by atoms with Crippen molar-refractivity contribution < 1.29 is 14.3 Å². The minimum Gasteiger partial charge on any atom is -0.457 e. The first-order valence-electron chi connectivity index (χ1n) is 9.41. The van der Waals surface area contributed by atoms with E-state index in [1.807, 2.05) is 0 Å². The Labute approximate surface area is 164 Å². The van der Waals surface area contributed by atoms with Crippen LogP contribution in [0.15, 0.2) is 48.5 Å². The molecule has 1 fully saturated rings. The molecule has 2 aromatic carbocycles. The number of nitrogens with zero attached hydrogens (tertiary/aromatic N) is 1. The van der Waals surface area contributed by atoms with E-state index < -0.39 is 6.04 Å². The molecule has 6 nitrogen and oxygen atoms in total. The van der Waals surface area contributed by atoms with Crippen molar-refractivity contribution in [1.29, 1.82) is 5.26 Å². The molecule has 0 heterocycles. The number of anilines is 1. The third-order valence-corrected chi connectivity index (χ3v) is 4.83. The monoisotopic (exact) mass is 377 g/mol. The summed E-state index contributed by atoms with van der Waals surface area (Å²) < 4.78 is 5.74. The Balaban J connectivity index is 1.64. The van der Waals surface area contributed by atoms with Gasteiger partial charge >= 0.3 is 0 Å². The molecular formula is C22H23N3O3. The minimum absolute atomic E-state index is 0.180. The number of nitrogens with one attached hydrogen (secondary N) is 2. The Morgan fingerprint density at radius 3 is 2.46 bits per heavy atom. The number of benzene rings is 2. The fourth-order valence-electron chi connectivity index (χ4n) is 3.50. The molecule has 6 heteroatoms. The van der Waals surface area contributed by atoms with Gasteiger partial charge in [0.1, 0.15) is 17.5 Å². The summed E-state index contributed by atoms with van der Waals surface area (Å²) in [6.07, 6.45) is 4.08. The summed E-state index contributed by atoms with van der Waals surface area (Å²) in [7, 11) is 0. The molecule has 28 heavy (non-hydrogen) atoms. The van der Waals surface area contributed by atoms with Gasteiger partial charge in [0, 0.05) is 12.6 Å². The molecule has 1 aliphatic rings. The topological polar surface area (TPSA) is 91.2 Å². The summed E-state index contributed by atoms with van der Waals surface area (Å²) >= 11 is 0. The molecule has 0 bridgehead atoms. The van der Waals surface area contributed by atoms with E-state index in [1.165, 1.54) is 6.92 Å². The van der Waals surface area contributed by atoms with Crippen LogP contribution in [0.25, 0.3) is 0 Å². The second-order valence-electron chi connectivity index (χ2n) is 6.98. The van der Waals surface area contributed by atoms with Gasteiger partial charge in [0.25, 0.3) is 0 Å². The van der Waals surface area contributed by atoms with Gasteiger partial charge < -0.3 is 15.4 Å². The predicted molar refractivity (Wildman–Crippen MR) is 106 cm³/mol. The first kappa shape index (κ1) is 19.4. The summed E-state index contributed by atoms with van der Waals surface area (Å²) in [5, 5.41) is 14.6. The molecule has 2 amide bonds. The Morgan fingerprint density at radius 1 is 1.11 bits per heavy atom. The predicted octanol–water partition coefficient (Wildman–Crippen LogP) is 3.98. The number of amides is 2. The molecule has 1 unspecified atom stereocenters. The van der Waals surface area contributed by atoms with E-state index in [1.54, 1.807) is 48.5 Å². The van der Waals surface area contributed by atoms with Gasteiger partial charge in [-0.3, -0.25) is 9.59 Å². The zero-order chi connectivity index (χ0) is 19.9. The minimum atomic E-state index is -0.510. The van der Waals surface area contributed by atoms with Crippen molar-refractivity contribution in [3.05, 3.63) is 54.1 Å². The van der Waals surface area contributed by atoms with Crippen molar-refractivity contribution in [3.8, 4) is 17.6 Å². The van der Waals surface area contributed by atoms with E-state index >= 15 is 0 Å². The molecular weight excluding hydrogens is 354 g/mol. The van der Waals surface area contributed by atoms with Gasteiger partial charge in [0.15, 0.2) is 0 Å². The van der Waals surface area contributed by atoms with Crippen LogP contribution in [0.5, 0.6) is 11.5 Å². The third-order valence-electron chi connectivity index (χ3n) is 4.83. The number of rotatable bonds is 6. The first-order chi connectivity index (χ1) is 13.5. The number of nitriles is 1. The lowest BCUT2D eigenvalue weighted by atomic mass is 9.97. The van der Waals surface area contributed by atoms with Crippen LogP contribution in [0.3, 0.4) is 0 Å². The third kappa shape index (κ3) is 5.10. The highest BCUT2D eigenvalue weighted by molar-refractivity contribution is 5.97. The van der Waals surface area contributed by atoms with Gasteiger partial charge in [-0.2, -0.15) is 5.26 Å². The van der Waals surface area contributed by atoms with Gasteiger partial charge in [-0.15, -0.1) is 0 Å². The Kier molecular flexibility index (Phi) is 6.28. The van der Waals surface area contributed by atoms with Gasteiger partial charge in [-0.1, -0.05) is 18.9 Å². The highest BCUT2D eigenvalue weighted by atomic mass is 16.5. The Bertz CT molecular complexity index is 881. The van der Waals surface area contributed by atoms with Crippen LogP contribution in [0, 0.1) is 17.2 Å². The molecule has 144 valence electrons. The van der Waals surface area contributed by atoms with Crippen LogP contribution in [0.2, 0.25) is 0 Å². The molecule has 0 aromatic heterocycles. The lowest BCUT2D eigenvalue weighted by molar-refractivity contribution is -0.126. The normalized spacial score (nSPS) is 14.7. The summed E-state index contributed by atoms with van der Waals surface area (Å²) in [4.78, 5) is 24.2. The number of carbonyl (C=O) groups is 2. The van der Waals surface area contributed by atoms with Crippen LogP contribution in [-0.2, 0) is 9.59 Å². The molecule has 2 N–H and O–H groups in total. The largest absolute Gasteiger partial charge is 0.457 e. The summed E-state index contributed by atoms with van der Waals surface area (Å²) in [5.74, 6) is 0.955. The molecule has 1 atom stereocenters. The maximum atomic E-state index is 12.7. The number of carbonyl (C=O) groups excluding carboxylic acids is 2. The molecule has 2 aromatic rings. The summed E-state index contributed by atoms with van der Waals surface area (Å²) in [5.41, 5.74) is 1.16. The molecule has 0 aliphatic heterocycles. The molecule has 3 rings (SSSR count). The molecule has 0 saturated heterocycles. The standard InChI is InChI=1S/C22H23N3O3/c1-15(26)24-21(17-6-2-3-7-17)22(27)25-18-9-11-19(12-10-18)28-20-8-4-5-16(13-20)14-23/h4-5,8-13,17,21H,2-3,6-7H2,1H3,(H,24,26)(H,25,27). The Morgan fingerprint density at radius 2 is 1.82 bits per heavy atom. The van der Waals surface area contributed by atoms with Crippen LogP contribution in [0.1, 0.15) is 38.2 Å². The second-order valence-corrected chi connectivity index (χ2v) is 6.98. The van der Waals surface area contributed by atoms with Crippen molar-refractivity contribution in [3.63, 3.8) is 0 Å².